The quantitative estimate of drug-likeness (QED) is 0.904. The fourth-order valence-corrected chi connectivity index (χ4v) is 2.00. The normalized spacial score (nSPS) is 12.7. The molecule has 0 bridgehead atoms. The van der Waals surface area contributed by atoms with Crippen molar-refractivity contribution in [2.24, 2.45) is 5.73 Å². The zero-order valence-electron chi connectivity index (χ0n) is 10.1. The number of halogens is 2. The molecule has 0 aliphatic rings. The molecule has 0 saturated heterocycles. The zero-order valence-corrected chi connectivity index (χ0v) is 10.1. The van der Waals surface area contributed by atoms with Gasteiger partial charge in [-0.3, -0.25) is 0 Å². The summed E-state index contributed by atoms with van der Waals surface area (Å²) in [5, 5.41) is 0. The smallest absolute Gasteiger partial charge is 0.159 e. The van der Waals surface area contributed by atoms with E-state index < -0.39 is 11.6 Å². The van der Waals surface area contributed by atoms with Crippen molar-refractivity contribution in [1.29, 1.82) is 0 Å². The molecule has 4 heteroatoms. The van der Waals surface area contributed by atoms with E-state index >= 15 is 0 Å². The van der Waals surface area contributed by atoms with Crippen LogP contribution in [0.25, 0.3) is 0 Å². The van der Waals surface area contributed by atoms with Crippen LogP contribution in [0.4, 0.5) is 8.78 Å². The van der Waals surface area contributed by atoms with E-state index in [1.54, 1.807) is 12.3 Å². The third kappa shape index (κ3) is 2.59. The van der Waals surface area contributed by atoms with Crippen molar-refractivity contribution < 1.29 is 13.2 Å². The van der Waals surface area contributed by atoms with Crippen molar-refractivity contribution >= 4 is 0 Å². The largest absolute Gasteiger partial charge is 0.469 e. The molecule has 0 spiro atoms. The van der Waals surface area contributed by atoms with E-state index in [9.17, 15) is 8.78 Å². The first-order chi connectivity index (χ1) is 8.61. The van der Waals surface area contributed by atoms with E-state index in [4.69, 9.17) is 10.2 Å². The molecule has 1 aromatic heterocycles. The number of hydrogen-bond acceptors (Lipinski definition) is 2. The molecule has 2 aromatic rings. The van der Waals surface area contributed by atoms with Crippen LogP contribution in [0.1, 0.15) is 29.9 Å². The van der Waals surface area contributed by atoms with Gasteiger partial charge in [0.2, 0.25) is 0 Å². The van der Waals surface area contributed by atoms with Crippen LogP contribution in [0.5, 0.6) is 0 Å². The molecule has 0 aliphatic heterocycles. The van der Waals surface area contributed by atoms with E-state index in [1.807, 2.05) is 13.0 Å². The Morgan fingerprint density at radius 2 is 2.00 bits per heavy atom. The van der Waals surface area contributed by atoms with Crippen LogP contribution in [-0.2, 0) is 12.8 Å². The predicted octanol–water partition coefficient (Wildman–Crippen LogP) is 3.36. The fraction of sp³-hybridized carbons (Fsp3) is 0.286. The lowest BCUT2D eigenvalue weighted by Gasteiger charge is -2.11. The van der Waals surface area contributed by atoms with Crippen molar-refractivity contribution in [2.75, 3.05) is 0 Å². The second-order valence-electron chi connectivity index (χ2n) is 4.21. The SMILES string of the molecule is CCc1occc1C(N)Cc1ccc(F)c(F)c1. The number of furan rings is 1. The molecule has 0 amide bonds. The summed E-state index contributed by atoms with van der Waals surface area (Å²) < 4.78 is 31.2. The van der Waals surface area contributed by atoms with E-state index in [2.05, 4.69) is 0 Å². The van der Waals surface area contributed by atoms with Crippen LogP contribution >= 0.6 is 0 Å². The van der Waals surface area contributed by atoms with Gasteiger partial charge in [-0.15, -0.1) is 0 Å². The molecule has 1 atom stereocenters. The Labute approximate surface area is 104 Å². The average molecular weight is 251 g/mol. The maximum atomic E-state index is 13.1. The maximum absolute atomic E-state index is 13.1. The molecule has 0 radical (unpaired) electrons. The minimum atomic E-state index is -0.845. The molecule has 1 unspecified atom stereocenters. The third-order valence-corrected chi connectivity index (χ3v) is 2.94. The Morgan fingerprint density at radius 3 is 2.67 bits per heavy atom. The molecular formula is C14H15F2NO. The molecule has 96 valence electrons. The van der Waals surface area contributed by atoms with Gasteiger partial charge in [-0.05, 0) is 30.2 Å². The van der Waals surface area contributed by atoms with Gasteiger partial charge in [-0.1, -0.05) is 13.0 Å². The lowest BCUT2D eigenvalue weighted by Crippen LogP contribution is -2.14. The number of nitrogens with two attached hydrogens (primary N) is 1. The van der Waals surface area contributed by atoms with Crippen LogP contribution < -0.4 is 5.73 Å². The second kappa shape index (κ2) is 5.31. The van der Waals surface area contributed by atoms with Crippen LogP contribution in [0.3, 0.4) is 0 Å². The third-order valence-electron chi connectivity index (χ3n) is 2.94. The molecular weight excluding hydrogens is 236 g/mol. The van der Waals surface area contributed by atoms with Gasteiger partial charge in [0.25, 0.3) is 0 Å². The van der Waals surface area contributed by atoms with Gasteiger partial charge in [-0.25, -0.2) is 8.78 Å². The first-order valence-corrected chi connectivity index (χ1v) is 5.87. The van der Waals surface area contributed by atoms with Gasteiger partial charge < -0.3 is 10.2 Å². The van der Waals surface area contributed by atoms with E-state index in [0.717, 1.165) is 23.8 Å². The molecule has 0 aliphatic carbocycles. The van der Waals surface area contributed by atoms with Crippen molar-refractivity contribution in [3.63, 3.8) is 0 Å². The van der Waals surface area contributed by atoms with Gasteiger partial charge in [0, 0.05) is 18.0 Å². The van der Waals surface area contributed by atoms with Crippen LogP contribution in [0.2, 0.25) is 0 Å². The Hall–Kier alpha value is -1.68. The van der Waals surface area contributed by atoms with E-state index in [-0.39, 0.29) is 6.04 Å². The van der Waals surface area contributed by atoms with Crippen molar-refractivity contribution in [3.8, 4) is 0 Å². The lowest BCUT2D eigenvalue weighted by atomic mass is 9.99. The van der Waals surface area contributed by atoms with Gasteiger partial charge in [0.1, 0.15) is 5.76 Å². The highest BCUT2D eigenvalue weighted by molar-refractivity contribution is 5.25. The van der Waals surface area contributed by atoms with Gasteiger partial charge >= 0.3 is 0 Å². The zero-order chi connectivity index (χ0) is 13.1. The Bertz CT molecular complexity index is 536. The maximum Gasteiger partial charge on any atom is 0.159 e. The number of hydrogen-bond donors (Lipinski definition) is 1. The van der Waals surface area contributed by atoms with Crippen LogP contribution in [0, 0.1) is 11.6 Å². The Morgan fingerprint density at radius 1 is 1.22 bits per heavy atom. The summed E-state index contributed by atoms with van der Waals surface area (Å²) in [7, 11) is 0. The Kier molecular flexibility index (Phi) is 3.77. The molecule has 1 aromatic carbocycles. The van der Waals surface area contributed by atoms with E-state index in [1.165, 1.54) is 6.07 Å². The summed E-state index contributed by atoms with van der Waals surface area (Å²) in [4.78, 5) is 0. The van der Waals surface area contributed by atoms with Crippen LogP contribution in [0.15, 0.2) is 34.9 Å². The number of rotatable bonds is 4. The van der Waals surface area contributed by atoms with Gasteiger partial charge in [-0.2, -0.15) is 0 Å². The summed E-state index contributed by atoms with van der Waals surface area (Å²) in [5.74, 6) is -0.849. The average Bonchev–Trinajstić information content (AvgIpc) is 2.82. The van der Waals surface area contributed by atoms with Crippen LogP contribution in [-0.4, -0.2) is 0 Å². The van der Waals surface area contributed by atoms with Gasteiger partial charge in [0.15, 0.2) is 11.6 Å². The standard InChI is InChI=1S/C14H15F2NO/c1-2-14-10(5-6-18-14)13(17)8-9-3-4-11(15)12(16)7-9/h3-7,13H,2,8,17H2,1H3. The molecule has 18 heavy (non-hydrogen) atoms. The van der Waals surface area contributed by atoms with E-state index in [0.29, 0.717) is 12.0 Å². The summed E-state index contributed by atoms with van der Waals surface area (Å²) in [6, 6.07) is 5.39. The van der Waals surface area contributed by atoms with Gasteiger partial charge in [0.05, 0.1) is 6.26 Å². The second-order valence-corrected chi connectivity index (χ2v) is 4.21. The van der Waals surface area contributed by atoms with Crippen molar-refractivity contribution in [1.82, 2.24) is 0 Å². The minimum Gasteiger partial charge on any atom is -0.469 e. The lowest BCUT2D eigenvalue weighted by molar-refractivity contribution is 0.501. The number of benzene rings is 1. The summed E-state index contributed by atoms with van der Waals surface area (Å²) in [6.45, 7) is 1.98. The molecule has 1 heterocycles. The summed E-state index contributed by atoms with van der Waals surface area (Å²) in [6.07, 6.45) is 2.80. The number of aryl methyl sites for hydroxylation is 1. The molecule has 2 nitrogen and oxygen atoms in total. The minimum absolute atomic E-state index is 0.274. The first-order valence-electron chi connectivity index (χ1n) is 5.87. The molecule has 0 fully saturated rings. The summed E-state index contributed by atoms with van der Waals surface area (Å²) >= 11 is 0. The molecule has 0 saturated carbocycles. The highest BCUT2D eigenvalue weighted by Crippen LogP contribution is 2.22. The fourth-order valence-electron chi connectivity index (χ4n) is 2.00. The summed E-state index contributed by atoms with van der Waals surface area (Å²) in [5.41, 5.74) is 7.65. The monoisotopic (exact) mass is 251 g/mol. The molecule has 2 rings (SSSR count). The topological polar surface area (TPSA) is 39.2 Å². The predicted molar refractivity (Wildman–Crippen MR) is 65.1 cm³/mol. The van der Waals surface area contributed by atoms with Crippen molar-refractivity contribution in [2.45, 2.75) is 25.8 Å². The highest BCUT2D eigenvalue weighted by Gasteiger charge is 2.14. The Balaban J connectivity index is 2.16. The highest BCUT2D eigenvalue weighted by atomic mass is 19.2. The first kappa shape index (κ1) is 12.8. The molecule has 2 N–H and O–H groups in total. The van der Waals surface area contributed by atoms with Crippen molar-refractivity contribution in [3.05, 3.63) is 59.1 Å².